The number of nitro groups is 1. The fourth-order valence-electron chi connectivity index (χ4n) is 2.05. The molecule has 1 saturated heterocycles. The summed E-state index contributed by atoms with van der Waals surface area (Å²) >= 11 is 0. The molecule has 1 aromatic carbocycles. The molecule has 0 aliphatic carbocycles. The highest BCUT2D eigenvalue weighted by atomic mass is 19.1. The van der Waals surface area contributed by atoms with Crippen molar-refractivity contribution in [1.29, 1.82) is 0 Å². The summed E-state index contributed by atoms with van der Waals surface area (Å²) in [6.45, 7) is 9.25. The first-order valence-corrected chi connectivity index (χ1v) is 6.35. The maximum Gasteiger partial charge on any atom is 0.495 e. The van der Waals surface area contributed by atoms with E-state index < -0.39 is 34.7 Å². The lowest BCUT2D eigenvalue weighted by Crippen LogP contribution is -2.41. The van der Waals surface area contributed by atoms with Crippen LogP contribution < -0.4 is 5.46 Å². The summed E-state index contributed by atoms with van der Waals surface area (Å²) in [7, 11) is -0.727. The first-order chi connectivity index (χ1) is 9.05. The van der Waals surface area contributed by atoms with Crippen LogP contribution in [0.1, 0.15) is 33.3 Å². The molecule has 0 unspecified atom stereocenters. The van der Waals surface area contributed by atoms with E-state index in [4.69, 9.17) is 9.31 Å². The van der Waals surface area contributed by atoms with Gasteiger partial charge in [0.25, 0.3) is 0 Å². The molecule has 0 atom stereocenters. The van der Waals surface area contributed by atoms with E-state index in [-0.39, 0.29) is 0 Å². The van der Waals surface area contributed by atoms with Gasteiger partial charge < -0.3 is 9.31 Å². The van der Waals surface area contributed by atoms with Gasteiger partial charge in [0, 0.05) is 6.07 Å². The van der Waals surface area contributed by atoms with Crippen LogP contribution in [-0.2, 0) is 9.31 Å². The Kier molecular flexibility index (Phi) is 3.38. The molecule has 20 heavy (non-hydrogen) atoms. The Morgan fingerprint density at radius 2 is 1.70 bits per heavy atom. The maximum atomic E-state index is 13.8. The Morgan fingerprint density at radius 3 is 2.15 bits per heavy atom. The summed E-state index contributed by atoms with van der Waals surface area (Å²) in [5.74, 6) is -0.884. The highest BCUT2D eigenvalue weighted by molar-refractivity contribution is 6.62. The van der Waals surface area contributed by atoms with E-state index in [1.54, 1.807) is 6.92 Å². The van der Waals surface area contributed by atoms with Crippen LogP contribution in [0.15, 0.2) is 12.1 Å². The fourth-order valence-corrected chi connectivity index (χ4v) is 2.05. The van der Waals surface area contributed by atoms with Gasteiger partial charge in [0.1, 0.15) is 0 Å². The second kappa shape index (κ2) is 4.53. The first-order valence-electron chi connectivity index (χ1n) is 6.35. The molecule has 0 N–H and O–H groups in total. The quantitative estimate of drug-likeness (QED) is 0.474. The van der Waals surface area contributed by atoms with Crippen molar-refractivity contribution in [3.8, 4) is 0 Å². The third kappa shape index (κ3) is 2.31. The van der Waals surface area contributed by atoms with E-state index in [1.807, 2.05) is 27.7 Å². The summed E-state index contributed by atoms with van der Waals surface area (Å²) in [6.07, 6.45) is 0. The van der Waals surface area contributed by atoms with Crippen molar-refractivity contribution in [3.05, 3.63) is 33.6 Å². The highest BCUT2D eigenvalue weighted by Crippen LogP contribution is 2.37. The second-order valence-electron chi connectivity index (χ2n) is 6.01. The van der Waals surface area contributed by atoms with Gasteiger partial charge in [0.2, 0.25) is 0 Å². The molecule has 1 aliphatic rings. The van der Waals surface area contributed by atoms with Gasteiger partial charge in [0.05, 0.1) is 16.1 Å². The molecule has 0 aromatic heterocycles. The number of hydrogen-bond acceptors (Lipinski definition) is 4. The molecule has 1 aromatic rings. The summed E-state index contributed by atoms with van der Waals surface area (Å²) in [5, 5.41) is 10.7. The highest BCUT2D eigenvalue weighted by Gasteiger charge is 2.52. The van der Waals surface area contributed by atoms with Crippen LogP contribution in [0.25, 0.3) is 0 Å². The van der Waals surface area contributed by atoms with Gasteiger partial charge in [0.15, 0.2) is 5.82 Å². The Bertz CT molecular complexity index is 558. The molecule has 7 heteroatoms. The summed E-state index contributed by atoms with van der Waals surface area (Å²) < 4.78 is 25.4. The standard InChI is InChI=1S/C13H17BFNO4/c1-8-6-11(16(17)18)10(15)7-9(8)14-19-12(2,3)13(4,5)20-14/h6-7H,1-5H3. The van der Waals surface area contributed by atoms with Crippen LogP contribution in [0, 0.1) is 22.9 Å². The largest absolute Gasteiger partial charge is 0.495 e. The number of nitro benzene ring substituents is 1. The average Bonchev–Trinajstić information content (AvgIpc) is 2.50. The van der Waals surface area contributed by atoms with Crippen LogP contribution >= 0.6 is 0 Å². The van der Waals surface area contributed by atoms with Crippen LogP contribution in [0.2, 0.25) is 0 Å². The van der Waals surface area contributed by atoms with Gasteiger partial charge in [-0.25, -0.2) is 0 Å². The summed E-state index contributed by atoms with van der Waals surface area (Å²) in [4.78, 5) is 9.98. The number of nitrogens with zero attached hydrogens (tertiary/aromatic N) is 1. The van der Waals surface area contributed by atoms with Crippen LogP contribution in [-0.4, -0.2) is 23.2 Å². The Morgan fingerprint density at radius 1 is 1.20 bits per heavy atom. The lowest BCUT2D eigenvalue weighted by molar-refractivity contribution is -0.387. The molecule has 0 radical (unpaired) electrons. The van der Waals surface area contributed by atoms with Gasteiger partial charge in [-0.15, -0.1) is 0 Å². The molecule has 0 spiro atoms. The van der Waals surface area contributed by atoms with Gasteiger partial charge in [-0.3, -0.25) is 10.1 Å². The fraction of sp³-hybridized carbons (Fsp3) is 0.538. The molecule has 1 heterocycles. The van der Waals surface area contributed by atoms with Crippen molar-refractivity contribution in [1.82, 2.24) is 0 Å². The van der Waals surface area contributed by atoms with E-state index in [2.05, 4.69) is 0 Å². The monoisotopic (exact) mass is 281 g/mol. The topological polar surface area (TPSA) is 61.6 Å². The Hall–Kier alpha value is -1.47. The molecular formula is C13H17BFNO4. The van der Waals surface area contributed by atoms with Gasteiger partial charge in [-0.2, -0.15) is 4.39 Å². The van der Waals surface area contributed by atoms with Crippen molar-refractivity contribution in [2.75, 3.05) is 0 Å². The van der Waals surface area contributed by atoms with Gasteiger partial charge >= 0.3 is 12.8 Å². The molecule has 0 amide bonds. The SMILES string of the molecule is Cc1cc([N+](=O)[O-])c(F)cc1B1OC(C)(C)C(C)(C)O1. The number of halogens is 1. The van der Waals surface area contributed by atoms with E-state index in [9.17, 15) is 14.5 Å². The lowest BCUT2D eigenvalue weighted by atomic mass is 9.76. The minimum atomic E-state index is -0.884. The van der Waals surface area contributed by atoms with E-state index in [1.165, 1.54) is 6.07 Å². The van der Waals surface area contributed by atoms with Crippen LogP contribution in [0.3, 0.4) is 0 Å². The molecule has 0 saturated carbocycles. The minimum Gasteiger partial charge on any atom is -0.399 e. The van der Waals surface area contributed by atoms with Crippen molar-refractivity contribution in [3.63, 3.8) is 0 Å². The maximum absolute atomic E-state index is 13.8. The number of hydrogen-bond donors (Lipinski definition) is 0. The summed E-state index contributed by atoms with van der Waals surface area (Å²) in [6, 6.07) is 2.32. The molecule has 2 rings (SSSR count). The van der Waals surface area contributed by atoms with Gasteiger partial charge in [-0.05, 0) is 51.7 Å². The van der Waals surface area contributed by atoms with E-state index >= 15 is 0 Å². The minimum absolute atomic E-state index is 0.478. The van der Waals surface area contributed by atoms with Crippen LogP contribution in [0.5, 0.6) is 0 Å². The number of benzene rings is 1. The molecule has 1 fully saturated rings. The van der Waals surface area contributed by atoms with Crippen LogP contribution in [0.4, 0.5) is 10.1 Å². The van der Waals surface area contributed by atoms with Gasteiger partial charge in [-0.1, -0.05) is 0 Å². The number of rotatable bonds is 2. The van der Waals surface area contributed by atoms with Crippen molar-refractivity contribution >= 4 is 18.3 Å². The molecular weight excluding hydrogens is 264 g/mol. The predicted molar refractivity (Wildman–Crippen MR) is 73.5 cm³/mol. The Labute approximate surface area is 117 Å². The summed E-state index contributed by atoms with van der Waals surface area (Å²) in [5.41, 5.74) is -0.573. The smallest absolute Gasteiger partial charge is 0.399 e. The molecule has 1 aliphatic heterocycles. The second-order valence-corrected chi connectivity index (χ2v) is 6.01. The van der Waals surface area contributed by atoms with Crippen molar-refractivity contribution in [2.24, 2.45) is 0 Å². The zero-order chi connectivity index (χ0) is 15.3. The zero-order valence-electron chi connectivity index (χ0n) is 12.2. The molecule has 0 bridgehead atoms. The Balaban J connectivity index is 2.41. The average molecular weight is 281 g/mol. The zero-order valence-corrected chi connectivity index (χ0v) is 12.2. The van der Waals surface area contributed by atoms with Crippen molar-refractivity contribution < 1.29 is 18.6 Å². The third-order valence-electron chi connectivity index (χ3n) is 4.04. The normalized spacial score (nSPS) is 20.2. The van der Waals surface area contributed by atoms with E-state index in [0.717, 1.165) is 6.07 Å². The molecule has 108 valence electrons. The lowest BCUT2D eigenvalue weighted by Gasteiger charge is -2.32. The van der Waals surface area contributed by atoms with Crippen molar-refractivity contribution in [2.45, 2.75) is 45.8 Å². The van der Waals surface area contributed by atoms with E-state index in [0.29, 0.717) is 11.0 Å². The predicted octanol–water partition coefficient (Wildman–Crippen LogP) is 2.34. The first kappa shape index (κ1) is 14.9. The third-order valence-corrected chi connectivity index (χ3v) is 4.04. The molecule has 5 nitrogen and oxygen atoms in total. The number of aryl methyl sites for hydroxylation is 1.